The zero-order valence-electron chi connectivity index (χ0n) is 6.51. The number of rotatable bonds is 0. The molecule has 0 saturated heterocycles. The topological polar surface area (TPSA) is 75.4 Å². The molecule has 5 heteroatoms. The molecule has 0 fully saturated rings. The van der Waals surface area contributed by atoms with Crippen LogP contribution in [-0.4, -0.2) is 20.0 Å². The number of fused-ring (bicyclic) bond motifs is 1. The maximum Gasteiger partial charge on any atom is 0.222 e. The van der Waals surface area contributed by atoms with E-state index < -0.39 is 5.43 Å². The summed E-state index contributed by atoms with van der Waals surface area (Å²) in [6.45, 7) is 0. The Bertz CT molecular complexity index is 478. The van der Waals surface area contributed by atoms with Crippen LogP contribution in [0.2, 0.25) is 0 Å². The highest BCUT2D eigenvalue weighted by Crippen LogP contribution is 2.20. The molecule has 0 aromatic rings. The van der Waals surface area contributed by atoms with Gasteiger partial charge in [0.15, 0.2) is 5.75 Å². The van der Waals surface area contributed by atoms with Crippen LogP contribution in [-0.2, 0) is 0 Å². The van der Waals surface area contributed by atoms with Crippen molar-refractivity contribution in [2.75, 3.05) is 0 Å². The van der Waals surface area contributed by atoms with Crippen LogP contribution in [0.15, 0.2) is 29.5 Å². The Morgan fingerprint density at radius 3 is 2.92 bits per heavy atom. The molecule has 2 aliphatic rings. The number of aromatic hydroxyl groups is 1. The number of phenolic OH excluding ortho intramolecular Hbond substituents is 1. The van der Waals surface area contributed by atoms with Crippen LogP contribution in [0.3, 0.4) is 0 Å². The van der Waals surface area contributed by atoms with Gasteiger partial charge >= 0.3 is 0 Å². The van der Waals surface area contributed by atoms with Gasteiger partial charge in [0.1, 0.15) is 6.33 Å². The van der Waals surface area contributed by atoms with Crippen LogP contribution in [0.25, 0.3) is 11.3 Å². The van der Waals surface area contributed by atoms with Crippen LogP contribution >= 0.6 is 0 Å². The first-order valence-corrected chi connectivity index (χ1v) is 3.57. The lowest BCUT2D eigenvalue weighted by atomic mass is 10.1. The Labute approximate surface area is 72.8 Å². The summed E-state index contributed by atoms with van der Waals surface area (Å²) >= 11 is 0. The van der Waals surface area contributed by atoms with Gasteiger partial charge in [0.05, 0.1) is 5.69 Å². The minimum absolute atomic E-state index is 0.317. The van der Waals surface area contributed by atoms with Gasteiger partial charge in [-0.15, -0.1) is 0 Å². The van der Waals surface area contributed by atoms with Crippen molar-refractivity contribution in [3.05, 3.63) is 34.9 Å². The van der Waals surface area contributed by atoms with Crippen molar-refractivity contribution in [2.24, 2.45) is 0 Å². The lowest BCUT2D eigenvalue weighted by Gasteiger charge is -2.07. The van der Waals surface area contributed by atoms with Crippen molar-refractivity contribution in [1.82, 2.24) is 9.71 Å². The van der Waals surface area contributed by atoms with Crippen molar-refractivity contribution in [3.63, 3.8) is 0 Å². The Morgan fingerprint density at radius 2 is 2.15 bits per heavy atom. The molecule has 2 rings (SSSR count). The quantitative estimate of drug-likeness (QED) is 0.568. The summed E-state index contributed by atoms with van der Waals surface area (Å²) in [5.74, 6) is -0.347. The van der Waals surface area contributed by atoms with Gasteiger partial charge in [0, 0.05) is 17.8 Å². The van der Waals surface area contributed by atoms with Crippen LogP contribution in [0.5, 0.6) is 5.75 Å². The summed E-state index contributed by atoms with van der Waals surface area (Å²) in [4.78, 5) is 14.7. The Kier molecular flexibility index (Phi) is 1.45. The molecule has 0 unspecified atom stereocenters. The fourth-order valence-electron chi connectivity index (χ4n) is 1.11. The lowest BCUT2D eigenvalue weighted by Crippen LogP contribution is -2.06. The first-order chi connectivity index (χ1) is 6.18. The molecule has 0 saturated carbocycles. The van der Waals surface area contributed by atoms with E-state index in [1.807, 2.05) is 0 Å². The Morgan fingerprint density at radius 1 is 1.38 bits per heavy atom. The Hall–Kier alpha value is -2.04. The summed E-state index contributed by atoms with van der Waals surface area (Å²) in [6.07, 6.45) is 2.61. The number of hydrogen-bond acceptors (Lipinski definition) is 4. The maximum atomic E-state index is 11.0. The minimum Gasteiger partial charge on any atom is -0.504 e. The number of aromatic nitrogens is 2. The van der Waals surface area contributed by atoms with Crippen molar-refractivity contribution in [1.29, 1.82) is 0 Å². The van der Waals surface area contributed by atoms with E-state index in [2.05, 4.69) is 4.98 Å². The van der Waals surface area contributed by atoms with Gasteiger partial charge in [-0.1, -0.05) is 0 Å². The normalized spacial score (nSPS) is 10.5. The highest BCUT2D eigenvalue weighted by atomic mass is 16.5. The maximum absolute atomic E-state index is 11.0. The average Bonchev–Trinajstić information content (AvgIpc) is 2.09. The second kappa shape index (κ2) is 2.48. The molecule has 1 aliphatic carbocycles. The number of nitrogens with zero attached hydrogens (tertiary/aromatic N) is 2. The second-order valence-corrected chi connectivity index (χ2v) is 2.62. The van der Waals surface area contributed by atoms with Crippen molar-refractivity contribution in [2.45, 2.75) is 0 Å². The van der Waals surface area contributed by atoms with E-state index in [9.17, 15) is 10.0 Å². The van der Waals surface area contributed by atoms with Gasteiger partial charge in [0.2, 0.25) is 5.43 Å². The third-order valence-corrected chi connectivity index (χ3v) is 1.74. The predicted molar refractivity (Wildman–Crippen MR) is 44.0 cm³/mol. The summed E-state index contributed by atoms with van der Waals surface area (Å²) < 4.78 is 0.732. The van der Waals surface area contributed by atoms with E-state index in [4.69, 9.17) is 5.11 Å². The predicted octanol–water partition coefficient (Wildman–Crippen LogP) is 0.291. The van der Waals surface area contributed by atoms with Crippen molar-refractivity contribution in [3.8, 4) is 17.0 Å². The molecule has 0 aromatic carbocycles. The first kappa shape index (κ1) is 7.60. The fraction of sp³-hybridized carbons (Fsp3) is 0. The van der Waals surface area contributed by atoms with Crippen molar-refractivity contribution >= 4 is 0 Å². The molecule has 13 heavy (non-hydrogen) atoms. The molecule has 1 aliphatic heterocycles. The SMILES string of the molecule is O=c1cc2n(O)cncc-2cc1O. The summed E-state index contributed by atoms with van der Waals surface area (Å²) in [5, 5.41) is 18.3. The van der Waals surface area contributed by atoms with E-state index in [0.29, 0.717) is 11.3 Å². The standard InChI is InChI=1S/C8H6N2O3/c11-7-1-5-3-9-4-10(13)6(5)2-8(7)12/h1-4,11,13H. The molecule has 2 N–H and O–H groups in total. The third-order valence-electron chi connectivity index (χ3n) is 1.74. The fourth-order valence-corrected chi connectivity index (χ4v) is 1.11. The Balaban J connectivity index is 2.89. The van der Waals surface area contributed by atoms with Gasteiger partial charge < -0.3 is 10.3 Å². The van der Waals surface area contributed by atoms with Crippen LogP contribution in [0.1, 0.15) is 0 Å². The van der Waals surface area contributed by atoms with Crippen LogP contribution < -0.4 is 5.43 Å². The molecule has 0 radical (unpaired) electrons. The largest absolute Gasteiger partial charge is 0.504 e. The molecule has 0 amide bonds. The molecule has 0 aromatic heterocycles. The lowest BCUT2D eigenvalue weighted by molar-refractivity contribution is 0.185. The van der Waals surface area contributed by atoms with Gasteiger partial charge in [-0.05, 0) is 6.07 Å². The molecular weight excluding hydrogens is 172 g/mol. The van der Waals surface area contributed by atoms with Crippen molar-refractivity contribution < 1.29 is 10.3 Å². The molecule has 66 valence electrons. The van der Waals surface area contributed by atoms with Gasteiger partial charge in [-0.3, -0.25) is 4.79 Å². The van der Waals surface area contributed by atoms with E-state index in [-0.39, 0.29) is 5.75 Å². The van der Waals surface area contributed by atoms with Gasteiger partial charge in [0.25, 0.3) is 0 Å². The second-order valence-electron chi connectivity index (χ2n) is 2.62. The van der Waals surface area contributed by atoms with E-state index >= 15 is 0 Å². The third kappa shape index (κ3) is 1.10. The molecule has 1 heterocycles. The highest BCUT2D eigenvalue weighted by molar-refractivity contribution is 5.61. The average molecular weight is 178 g/mol. The molecule has 0 spiro atoms. The molecule has 5 nitrogen and oxygen atoms in total. The van der Waals surface area contributed by atoms with E-state index in [1.54, 1.807) is 0 Å². The highest BCUT2D eigenvalue weighted by Gasteiger charge is 2.09. The van der Waals surface area contributed by atoms with Crippen LogP contribution in [0.4, 0.5) is 0 Å². The smallest absolute Gasteiger partial charge is 0.222 e. The molecule has 0 atom stereocenters. The summed E-state index contributed by atoms with van der Waals surface area (Å²) in [6, 6.07) is 2.41. The van der Waals surface area contributed by atoms with E-state index in [0.717, 1.165) is 10.8 Å². The van der Waals surface area contributed by atoms with Gasteiger partial charge in [-0.25, -0.2) is 4.98 Å². The summed E-state index contributed by atoms with van der Waals surface area (Å²) in [7, 11) is 0. The summed E-state index contributed by atoms with van der Waals surface area (Å²) in [5.41, 5.74) is 0.293. The van der Waals surface area contributed by atoms with Gasteiger partial charge in [-0.2, -0.15) is 4.73 Å². The van der Waals surface area contributed by atoms with Crippen LogP contribution in [0, 0.1) is 0 Å². The monoisotopic (exact) mass is 178 g/mol. The number of hydrogen-bond donors (Lipinski definition) is 2. The van der Waals surface area contributed by atoms with E-state index in [1.165, 1.54) is 18.6 Å². The molecular formula is C8H6N2O3. The first-order valence-electron chi connectivity index (χ1n) is 3.57. The number of phenols is 1. The number of benzene rings is 1. The zero-order valence-corrected chi connectivity index (χ0v) is 6.51. The zero-order chi connectivity index (χ0) is 9.42. The minimum atomic E-state index is -0.526. The molecule has 0 bridgehead atoms.